The predicted molar refractivity (Wildman–Crippen MR) is 112 cm³/mol. The number of carbonyl (C=O) groups is 1. The molecule has 28 heavy (non-hydrogen) atoms. The molecule has 154 valence electrons. The molecule has 2 rings (SSSR count). The van der Waals surface area contributed by atoms with Crippen molar-refractivity contribution in [1.82, 2.24) is 0 Å². The first-order chi connectivity index (χ1) is 13.5. The number of rotatable bonds is 11. The van der Waals surface area contributed by atoms with Crippen LogP contribution in [0.2, 0.25) is 5.02 Å². The summed E-state index contributed by atoms with van der Waals surface area (Å²) in [5, 5.41) is 12.1. The lowest BCUT2D eigenvalue weighted by molar-refractivity contribution is -0.131. The van der Waals surface area contributed by atoms with Gasteiger partial charge in [0.15, 0.2) is 11.5 Å². The van der Waals surface area contributed by atoms with Gasteiger partial charge in [-0.1, -0.05) is 63.3 Å². The molecule has 0 bridgehead atoms. The Balaban J connectivity index is 2.57. The fourth-order valence-corrected chi connectivity index (χ4v) is 3.22. The molecular formula is C22H29ClO5. The highest BCUT2D eigenvalue weighted by molar-refractivity contribution is 6.36. The molecule has 0 fully saturated rings. The molecule has 0 spiro atoms. The van der Waals surface area contributed by atoms with Crippen LogP contribution in [0, 0.1) is 0 Å². The maximum absolute atomic E-state index is 11.8. The average Bonchev–Trinajstić information content (AvgIpc) is 2.66. The molecule has 2 aromatic carbocycles. The summed E-state index contributed by atoms with van der Waals surface area (Å²) in [6, 6.07) is 5.12. The van der Waals surface area contributed by atoms with Crippen LogP contribution in [-0.2, 0) is 4.79 Å². The number of benzene rings is 2. The molecule has 0 radical (unpaired) electrons. The van der Waals surface area contributed by atoms with Crippen LogP contribution in [-0.4, -0.2) is 24.3 Å². The highest BCUT2D eigenvalue weighted by atomic mass is 35.5. The second-order valence-electron chi connectivity index (χ2n) is 6.70. The maximum Gasteiger partial charge on any atom is 0.308 e. The molecule has 6 heteroatoms. The van der Waals surface area contributed by atoms with Gasteiger partial charge in [-0.2, -0.15) is 0 Å². The summed E-state index contributed by atoms with van der Waals surface area (Å²) in [5.74, 6) is 0.0463. The van der Waals surface area contributed by atoms with Gasteiger partial charge in [-0.3, -0.25) is 4.79 Å². The number of hydrogen-bond donors (Lipinski definition) is 1. The number of hydrogen-bond acceptors (Lipinski definition) is 5. The summed E-state index contributed by atoms with van der Waals surface area (Å²) in [7, 11) is 0. The smallest absolute Gasteiger partial charge is 0.308 e. The monoisotopic (exact) mass is 408 g/mol. The van der Waals surface area contributed by atoms with Gasteiger partial charge in [0.25, 0.3) is 0 Å². The molecule has 0 aliphatic heterocycles. The third-order valence-electron chi connectivity index (χ3n) is 4.36. The van der Waals surface area contributed by atoms with Gasteiger partial charge >= 0.3 is 5.97 Å². The minimum Gasteiger partial charge on any atom is -0.504 e. The van der Waals surface area contributed by atoms with Gasteiger partial charge in [-0.15, -0.1) is 0 Å². The molecule has 0 unspecified atom stereocenters. The number of ether oxygens (including phenoxy) is 3. The van der Waals surface area contributed by atoms with Gasteiger partial charge in [0.05, 0.1) is 23.6 Å². The Hall–Kier alpha value is -2.14. The van der Waals surface area contributed by atoms with Crippen LogP contribution < -0.4 is 14.2 Å². The first-order valence-corrected chi connectivity index (χ1v) is 10.3. The maximum atomic E-state index is 11.8. The van der Waals surface area contributed by atoms with Crippen LogP contribution >= 0.6 is 11.6 Å². The fourth-order valence-electron chi connectivity index (χ4n) is 2.96. The summed E-state index contributed by atoms with van der Waals surface area (Å²) in [4.78, 5) is 11.8. The van der Waals surface area contributed by atoms with E-state index in [0.717, 1.165) is 38.5 Å². The van der Waals surface area contributed by atoms with Crippen molar-refractivity contribution in [3.05, 3.63) is 23.2 Å². The third kappa shape index (κ3) is 5.44. The molecule has 2 aromatic rings. The van der Waals surface area contributed by atoms with Crippen molar-refractivity contribution in [3.8, 4) is 23.0 Å². The number of carbonyl (C=O) groups excluding carboxylic acids is 1. The molecule has 0 atom stereocenters. The Bertz CT molecular complexity index is 803. The van der Waals surface area contributed by atoms with Gasteiger partial charge in [0, 0.05) is 12.3 Å². The molecule has 0 aliphatic rings. The van der Waals surface area contributed by atoms with E-state index in [1.54, 1.807) is 18.2 Å². The predicted octanol–water partition coefficient (Wildman–Crippen LogP) is 6.26. The van der Waals surface area contributed by atoms with E-state index in [1.807, 2.05) is 0 Å². The second-order valence-corrected chi connectivity index (χ2v) is 7.11. The molecule has 0 saturated heterocycles. The van der Waals surface area contributed by atoms with E-state index in [0.29, 0.717) is 29.0 Å². The first kappa shape index (κ1) is 22.2. The topological polar surface area (TPSA) is 65.0 Å². The Morgan fingerprint density at radius 2 is 1.57 bits per heavy atom. The Morgan fingerprint density at radius 3 is 2.14 bits per heavy atom. The Morgan fingerprint density at radius 1 is 0.964 bits per heavy atom. The van der Waals surface area contributed by atoms with Crippen molar-refractivity contribution < 1.29 is 24.1 Å². The van der Waals surface area contributed by atoms with Crippen LogP contribution in [0.3, 0.4) is 0 Å². The standard InChI is InChI=1S/C22H29ClO5/c1-4-6-8-13-26-21-19(25)16-11-10-12-17(23)18(16)20(28-15(3)24)22(21)27-14-9-7-5-2/h10-12,25H,4-9,13-14H2,1-3H3. The number of phenolic OH excluding ortho intramolecular Hbond substituents is 1. The molecule has 0 heterocycles. The highest BCUT2D eigenvalue weighted by Crippen LogP contribution is 2.52. The first-order valence-electron chi connectivity index (χ1n) is 9.92. The summed E-state index contributed by atoms with van der Waals surface area (Å²) in [6.07, 6.45) is 5.82. The number of esters is 1. The summed E-state index contributed by atoms with van der Waals surface area (Å²) in [6.45, 7) is 6.38. The summed E-state index contributed by atoms with van der Waals surface area (Å²) >= 11 is 6.37. The zero-order valence-corrected chi connectivity index (χ0v) is 17.6. The quantitative estimate of drug-likeness (QED) is 0.270. The van der Waals surface area contributed by atoms with Crippen molar-refractivity contribution >= 4 is 28.3 Å². The van der Waals surface area contributed by atoms with Gasteiger partial charge < -0.3 is 19.3 Å². The average molecular weight is 409 g/mol. The lowest BCUT2D eigenvalue weighted by Crippen LogP contribution is -2.08. The van der Waals surface area contributed by atoms with E-state index in [9.17, 15) is 9.90 Å². The Labute approximate surface area is 171 Å². The van der Waals surface area contributed by atoms with Gasteiger partial charge in [0.1, 0.15) is 0 Å². The molecule has 5 nitrogen and oxygen atoms in total. The number of fused-ring (bicyclic) bond motifs is 1. The van der Waals surface area contributed by atoms with E-state index < -0.39 is 5.97 Å². The summed E-state index contributed by atoms with van der Waals surface area (Å²) < 4.78 is 17.3. The molecule has 0 amide bonds. The van der Waals surface area contributed by atoms with Crippen LogP contribution in [0.5, 0.6) is 23.0 Å². The number of aromatic hydroxyl groups is 1. The summed E-state index contributed by atoms with van der Waals surface area (Å²) in [5.41, 5.74) is 0. The van der Waals surface area contributed by atoms with Crippen molar-refractivity contribution in [3.63, 3.8) is 0 Å². The number of halogens is 1. The van der Waals surface area contributed by atoms with E-state index in [1.165, 1.54) is 6.92 Å². The van der Waals surface area contributed by atoms with E-state index in [2.05, 4.69) is 13.8 Å². The fraction of sp³-hybridized carbons (Fsp3) is 0.500. The van der Waals surface area contributed by atoms with E-state index >= 15 is 0 Å². The van der Waals surface area contributed by atoms with Crippen molar-refractivity contribution in [1.29, 1.82) is 0 Å². The van der Waals surface area contributed by atoms with Crippen molar-refractivity contribution in [2.24, 2.45) is 0 Å². The Kier molecular flexibility index (Phi) is 8.71. The molecule has 0 aliphatic carbocycles. The van der Waals surface area contributed by atoms with Crippen LogP contribution in [0.15, 0.2) is 18.2 Å². The second kappa shape index (κ2) is 11.0. The van der Waals surface area contributed by atoms with Crippen LogP contribution in [0.1, 0.15) is 59.3 Å². The zero-order valence-electron chi connectivity index (χ0n) is 16.8. The molecule has 0 saturated carbocycles. The van der Waals surface area contributed by atoms with Crippen LogP contribution in [0.25, 0.3) is 10.8 Å². The van der Waals surface area contributed by atoms with Gasteiger partial charge in [0.2, 0.25) is 11.5 Å². The normalized spacial score (nSPS) is 10.9. The van der Waals surface area contributed by atoms with Crippen LogP contribution in [0.4, 0.5) is 0 Å². The number of unbranched alkanes of at least 4 members (excludes halogenated alkanes) is 4. The van der Waals surface area contributed by atoms with Crippen molar-refractivity contribution in [2.75, 3.05) is 13.2 Å². The molecular weight excluding hydrogens is 380 g/mol. The van der Waals surface area contributed by atoms with E-state index in [4.69, 9.17) is 25.8 Å². The van der Waals surface area contributed by atoms with E-state index in [-0.39, 0.29) is 23.0 Å². The zero-order chi connectivity index (χ0) is 20.5. The third-order valence-corrected chi connectivity index (χ3v) is 4.67. The SMILES string of the molecule is CCCCCOc1c(OCCCCC)c(OC(C)=O)c2c(Cl)cccc2c1O. The number of phenols is 1. The van der Waals surface area contributed by atoms with Gasteiger partial charge in [-0.05, 0) is 18.9 Å². The van der Waals surface area contributed by atoms with Crippen molar-refractivity contribution in [2.45, 2.75) is 59.3 Å². The minimum absolute atomic E-state index is 0.0598. The van der Waals surface area contributed by atoms with Gasteiger partial charge in [-0.25, -0.2) is 0 Å². The lowest BCUT2D eigenvalue weighted by atomic mass is 10.1. The highest BCUT2D eigenvalue weighted by Gasteiger charge is 2.26. The lowest BCUT2D eigenvalue weighted by Gasteiger charge is -2.20. The molecule has 0 aromatic heterocycles. The molecule has 1 N–H and O–H groups in total. The minimum atomic E-state index is -0.498. The largest absolute Gasteiger partial charge is 0.504 e.